The summed E-state index contributed by atoms with van der Waals surface area (Å²) in [5.41, 5.74) is 0.509. The molecule has 4 aliphatic rings. The molecular formula is C11H19NO. The highest BCUT2D eigenvalue weighted by Gasteiger charge is 2.65. The first-order valence-electron chi connectivity index (χ1n) is 5.61. The molecule has 13 heavy (non-hydrogen) atoms. The molecule has 1 aliphatic carbocycles. The van der Waals surface area contributed by atoms with E-state index in [1.54, 1.807) is 0 Å². The lowest BCUT2D eigenvalue weighted by molar-refractivity contribution is -0.0677. The average molecular weight is 181 g/mol. The molecule has 0 radical (unpaired) electrons. The molecule has 0 unspecified atom stereocenters. The van der Waals surface area contributed by atoms with E-state index in [4.69, 9.17) is 4.74 Å². The first-order chi connectivity index (χ1) is 6.22. The molecule has 1 atom stereocenters. The second-order valence-corrected chi connectivity index (χ2v) is 5.23. The first kappa shape index (κ1) is 8.25. The minimum Gasteiger partial charge on any atom is -0.377 e. The van der Waals surface area contributed by atoms with Gasteiger partial charge in [-0.15, -0.1) is 0 Å². The van der Waals surface area contributed by atoms with Crippen molar-refractivity contribution in [3.63, 3.8) is 0 Å². The van der Waals surface area contributed by atoms with Crippen LogP contribution in [-0.2, 0) is 4.74 Å². The molecule has 4 fully saturated rings. The zero-order chi connectivity index (χ0) is 9.05. The van der Waals surface area contributed by atoms with Gasteiger partial charge in [0.2, 0.25) is 0 Å². The van der Waals surface area contributed by atoms with Gasteiger partial charge >= 0.3 is 0 Å². The van der Waals surface area contributed by atoms with Crippen molar-refractivity contribution in [2.24, 2.45) is 5.92 Å². The monoisotopic (exact) mass is 181 g/mol. The Morgan fingerprint density at radius 1 is 1.46 bits per heavy atom. The van der Waals surface area contributed by atoms with Crippen LogP contribution < -0.4 is 0 Å². The third-order valence-corrected chi connectivity index (χ3v) is 4.34. The largest absolute Gasteiger partial charge is 0.377 e. The maximum Gasteiger partial charge on any atom is 0.0657 e. The van der Waals surface area contributed by atoms with Crippen molar-refractivity contribution in [1.29, 1.82) is 0 Å². The number of ether oxygens (including phenoxy) is 1. The Bertz CT molecular complexity index is 222. The summed E-state index contributed by atoms with van der Waals surface area (Å²) in [4.78, 5) is 2.71. The highest BCUT2D eigenvalue weighted by Crippen LogP contribution is 2.59. The van der Waals surface area contributed by atoms with E-state index >= 15 is 0 Å². The van der Waals surface area contributed by atoms with Crippen molar-refractivity contribution in [2.45, 2.75) is 50.8 Å². The van der Waals surface area contributed by atoms with Gasteiger partial charge in [-0.05, 0) is 39.0 Å². The van der Waals surface area contributed by atoms with Crippen molar-refractivity contribution in [3.8, 4) is 0 Å². The summed E-state index contributed by atoms with van der Waals surface area (Å²) in [6, 6.07) is 0.939. The molecule has 3 heterocycles. The van der Waals surface area contributed by atoms with E-state index in [9.17, 15) is 0 Å². The molecular weight excluding hydrogens is 162 g/mol. The van der Waals surface area contributed by atoms with Gasteiger partial charge in [-0.25, -0.2) is 0 Å². The van der Waals surface area contributed by atoms with Crippen molar-refractivity contribution < 1.29 is 4.74 Å². The summed E-state index contributed by atoms with van der Waals surface area (Å²) < 4.78 is 5.81. The zero-order valence-electron chi connectivity index (χ0n) is 8.62. The molecule has 0 N–H and O–H groups in total. The molecule has 2 nitrogen and oxygen atoms in total. The van der Waals surface area contributed by atoms with Crippen LogP contribution in [0.15, 0.2) is 0 Å². The highest BCUT2D eigenvalue weighted by molar-refractivity contribution is 5.19. The molecule has 2 bridgehead atoms. The molecule has 3 saturated heterocycles. The van der Waals surface area contributed by atoms with E-state index in [1.165, 1.54) is 25.8 Å². The summed E-state index contributed by atoms with van der Waals surface area (Å²) in [5.74, 6) is 0.977. The lowest BCUT2D eigenvalue weighted by Gasteiger charge is -2.48. The molecule has 0 aromatic rings. The van der Waals surface area contributed by atoms with Crippen LogP contribution in [0.4, 0.5) is 0 Å². The molecule has 0 amide bonds. The molecule has 2 heteroatoms. The summed E-state index contributed by atoms with van der Waals surface area (Å²) in [5, 5.41) is 0. The van der Waals surface area contributed by atoms with Gasteiger partial charge in [0.15, 0.2) is 0 Å². The van der Waals surface area contributed by atoms with Crippen LogP contribution in [0.3, 0.4) is 0 Å². The van der Waals surface area contributed by atoms with Crippen LogP contribution in [0.25, 0.3) is 0 Å². The smallest absolute Gasteiger partial charge is 0.0657 e. The summed E-state index contributed by atoms with van der Waals surface area (Å²) >= 11 is 0. The second kappa shape index (κ2) is 2.48. The van der Waals surface area contributed by atoms with Crippen LogP contribution >= 0.6 is 0 Å². The maximum atomic E-state index is 5.81. The average Bonchev–Trinajstić information content (AvgIpc) is 2.26. The molecule has 3 aliphatic heterocycles. The van der Waals surface area contributed by atoms with Gasteiger partial charge < -0.3 is 4.74 Å². The number of rotatable bonds is 3. The second-order valence-electron chi connectivity index (χ2n) is 5.23. The Morgan fingerprint density at radius 2 is 2.23 bits per heavy atom. The van der Waals surface area contributed by atoms with Gasteiger partial charge in [0.25, 0.3) is 0 Å². The van der Waals surface area contributed by atoms with Gasteiger partial charge in [-0.1, -0.05) is 0 Å². The topological polar surface area (TPSA) is 12.5 Å². The summed E-state index contributed by atoms with van der Waals surface area (Å²) in [6.07, 6.45) is 4.71. The van der Waals surface area contributed by atoms with Crippen molar-refractivity contribution in [1.82, 2.24) is 4.90 Å². The zero-order valence-corrected chi connectivity index (χ0v) is 8.62. The van der Waals surface area contributed by atoms with E-state index in [2.05, 4.69) is 18.7 Å². The van der Waals surface area contributed by atoms with Crippen molar-refractivity contribution in [3.05, 3.63) is 0 Å². The van der Waals surface area contributed by atoms with Crippen LogP contribution in [0, 0.1) is 5.92 Å². The molecule has 4 rings (SSSR count). The lowest BCUT2D eigenvalue weighted by atomic mass is 9.73. The third-order valence-electron chi connectivity index (χ3n) is 4.34. The van der Waals surface area contributed by atoms with Crippen molar-refractivity contribution >= 4 is 0 Å². The Labute approximate surface area is 80.2 Å². The third kappa shape index (κ3) is 0.909. The predicted molar refractivity (Wildman–Crippen MR) is 51.7 cm³/mol. The van der Waals surface area contributed by atoms with E-state index in [0.29, 0.717) is 11.6 Å². The fraction of sp³-hybridized carbons (Fsp3) is 1.00. The number of hydrogen-bond donors (Lipinski definition) is 0. The minimum absolute atomic E-state index is 0.398. The van der Waals surface area contributed by atoms with E-state index in [-0.39, 0.29) is 0 Å². The fourth-order valence-electron chi connectivity index (χ4n) is 3.38. The lowest BCUT2D eigenvalue weighted by Crippen LogP contribution is -2.59. The fourth-order valence-corrected chi connectivity index (χ4v) is 3.38. The van der Waals surface area contributed by atoms with Crippen LogP contribution in [0.5, 0.6) is 0 Å². The highest BCUT2D eigenvalue weighted by atomic mass is 16.5. The van der Waals surface area contributed by atoms with Crippen molar-refractivity contribution in [2.75, 3.05) is 13.2 Å². The van der Waals surface area contributed by atoms with E-state index in [1.807, 2.05) is 0 Å². The number of nitrogens with zero attached hydrogens (tertiary/aromatic N) is 1. The van der Waals surface area contributed by atoms with Crippen LogP contribution in [0.1, 0.15) is 33.1 Å². The Hall–Kier alpha value is -0.0800. The Kier molecular flexibility index (Phi) is 1.58. The van der Waals surface area contributed by atoms with Crippen LogP contribution in [-0.4, -0.2) is 35.7 Å². The van der Waals surface area contributed by atoms with Crippen LogP contribution in [0.2, 0.25) is 0 Å². The molecule has 0 aromatic carbocycles. The minimum atomic E-state index is 0.398. The summed E-state index contributed by atoms with van der Waals surface area (Å²) in [6.45, 7) is 6.60. The Morgan fingerprint density at radius 3 is 2.69 bits per heavy atom. The molecule has 1 saturated carbocycles. The first-order valence-corrected chi connectivity index (χ1v) is 5.61. The van der Waals surface area contributed by atoms with E-state index < -0.39 is 0 Å². The van der Waals surface area contributed by atoms with Gasteiger partial charge in [0.1, 0.15) is 0 Å². The van der Waals surface area contributed by atoms with Gasteiger partial charge in [0.05, 0.1) is 12.7 Å². The summed E-state index contributed by atoms with van der Waals surface area (Å²) in [7, 11) is 0. The molecule has 74 valence electrons. The number of hydrogen-bond acceptors (Lipinski definition) is 2. The standard InChI is InChI=1S/C11H19NO/c1-8(2)13-7-11-3-4-12(11)10-5-9(11)6-10/h8-10H,3-7H2,1-2H3/t9?,10?,11-/m1/s1. The normalized spacial score (nSPS) is 47.3. The van der Waals surface area contributed by atoms with Gasteiger partial charge in [0, 0.05) is 18.1 Å². The quantitative estimate of drug-likeness (QED) is 0.656. The molecule has 0 aromatic heterocycles. The predicted octanol–water partition coefficient (Wildman–Crippen LogP) is 1.65. The maximum absolute atomic E-state index is 5.81. The molecule has 0 spiro atoms. The van der Waals surface area contributed by atoms with Gasteiger partial charge in [-0.2, -0.15) is 0 Å². The SMILES string of the molecule is CC(C)OC[C@@]12CCN1C1CC2C1. The Balaban J connectivity index is 1.68. The van der Waals surface area contributed by atoms with Gasteiger partial charge in [-0.3, -0.25) is 4.90 Å². The van der Waals surface area contributed by atoms with E-state index in [0.717, 1.165) is 18.6 Å².